The molecule has 0 aliphatic carbocycles. The molecular formula is C18H21ClN2O3S. The molecule has 0 fully saturated rings. The van der Waals surface area contributed by atoms with Gasteiger partial charge in [-0.05, 0) is 45.0 Å². The third kappa shape index (κ3) is 4.96. The number of carbonyl (C=O) groups is 1. The SMILES string of the molecule is CC(C)(C)NC(=O)CN(c1ccccc1Cl)S(=O)(=O)c1ccccc1. The van der Waals surface area contributed by atoms with Crippen LogP contribution in [0.25, 0.3) is 0 Å². The number of anilines is 1. The van der Waals surface area contributed by atoms with Gasteiger partial charge in [0.2, 0.25) is 5.91 Å². The first-order valence-electron chi connectivity index (χ1n) is 7.74. The van der Waals surface area contributed by atoms with E-state index in [0.29, 0.717) is 0 Å². The lowest BCUT2D eigenvalue weighted by Gasteiger charge is -2.27. The molecule has 0 aromatic heterocycles. The quantitative estimate of drug-likeness (QED) is 0.863. The van der Waals surface area contributed by atoms with Crippen molar-refractivity contribution >= 4 is 33.2 Å². The number of carbonyl (C=O) groups excluding carboxylic acids is 1. The van der Waals surface area contributed by atoms with Crippen molar-refractivity contribution < 1.29 is 13.2 Å². The summed E-state index contributed by atoms with van der Waals surface area (Å²) in [6, 6.07) is 14.5. The van der Waals surface area contributed by atoms with Crippen LogP contribution in [-0.4, -0.2) is 26.4 Å². The van der Waals surface area contributed by atoms with Gasteiger partial charge in [-0.25, -0.2) is 8.42 Å². The smallest absolute Gasteiger partial charge is 0.264 e. The molecule has 0 heterocycles. The fraction of sp³-hybridized carbons (Fsp3) is 0.278. The van der Waals surface area contributed by atoms with Gasteiger partial charge in [0, 0.05) is 5.54 Å². The highest BCUT2D eigenvalue weighted by molar-refractivity contribution is 7.92. The Hall–Kier alpha value is -2.05. The van der Waals surface area contributed by atoms with Crippen molar-refractivity contribution in [2.24, 2.45) is 0 Å². The maximum atomic E-state index is 13.1. The van der Waals surface area contributed by atoms with E-state index in [1.165, 1.54) is 12.1 Å². The third-order valence-corrected chi connectivity index (χ3v) is 5.35. The van der Waals surface area contributed by atoms with Crippen LogP contribution >= 0.6 is 11.6 Å². The highest BCUT2D eigenvalue weighted by Crippen LogP contribution is 2.30. The highest BCUT2D eigenvalue weighted by Gasteiger charge is 2.29. The monoisotopic (exact) mass is 380 g/mol. The van der Waals surface area contributed by atoms with Gasteiger partial charge >= 0.3 is 0 Å². The number of hydrogen-bond donors (Lipinski definition) is 1. The molecule has 0 atom stereocenters. The van der Waals surface area contributed by atoms with Gasteiger partial charge in [-0.2, -0.15) is 0 Å². The van der Waals surface area contributed by atoms with E-state index in [2.05, 4.69) is 5.32 Å². The molecule has 0 aliphatic heterocycles. The van der Waals surface area contributed by atoms with Gasteiger partial charge in [0.25, 0.3) is 10.0 Å². The van der Waals surface area contributed by atoms with Gasteiger partial charge in [0.15, 0.2) is 0 Å². The molecule has 7 heteroatoms. The van der Waals surface area contributed by atoms with Gasteiger partial charge < -0.3 is 5.32 Å². The Morgan fingerprint density at radius 1 is 1.04 bits per heavy atom. The second-order valence-corrected chi connectivity index (χ2v) is 8.84. The number of hydrogen-bond acceptors (Lipinski definition) is 3. The molecule has 2 aromatic carbocycles. The Labute approximate surface area is 153 Å². The Bertz CT molecular complexity index is 846. The van der Waals surface area contributed by atoms with Crippen molar-refractivity contribution in [3.05, 3.63) is 59.6 Å². The Kier molecular flexibility index (Phi) is 5.75. The van der Waals surface area contributed by atoms with Crippen molar-refractivity contribution in [1.82, 2.24) is 5.32 Å². The summed E-state index contributed by atoms with van der Waals surface area (Å²) in [6.45, 7) is 5.13. The minimum Gasteiger partial charge on any atom is -0.350 e. The summed E-state index contributed by atoms with van der Waals surface area (Å²) in [5, 5.41) is 3.03. The minimum absolute atomic E-state index is 0.0958. The van der Waals surface area contributed by atoms with Crippen LogP contribution in [0.15, 0.2) is 59.5 Å². The van der Waals surface area contributed by atoms with Crippen LogP contribution in [-0.2, 0) is 14.8 Å². The lowest BCUT2D eigenvalue weighted by Crippen LogP contribution is -2.47. The fourth-order valence-corrected chi connectivity index (χ4v) is 4.01. The van der Waals surface area contributed by atoms with E-state index < -0.39 is 21.5 Å². The summed E-state index contributed by atoms with van der Waals surface area (Å²) in [5.41, 5.74) is -0.211. The number of nitrogens with one attached hydrogen (secondary N) is 1. The van der Waals surface area contributed by atoms with E-state index in [4.69, 9.17) is 11.6 Å². The zero-order valence-corrected chi connectivity index (χ0v) is 15.9. The first-order chi connectivity index (χ1) is 11.6. The lowest BCUT2D eigenvalue weighted by atomic mass is 10.1. The van der Waals surface area contributed by atoms with Crippen LogP contribution < -0.4 is 9.62 Å². The van der Waals surface area contributed by atoms with Gasteiger partial charge in [-0.15, -0.1) is 0 Å². The Morgan fingerprint density at radius 3 is 2.16 bits per heavy atom. The van der Waals surface area contributed by atoms with Gasteiger partial charge in [-0.3, -0.25) is 9.10 Å². The maximum absolute atomic E-state index is 13.1. The highest BCUT2D eigenvalue weighted by atomic mass is 35.5. The molecule has 0 unspecified atom stereocenters. The zero-order valence-electron chi connectivity index (χ0n) is 14.4. The summed E-state index contributed by atoms with van der Waals surface area (Å²) in [6.07, 6.45) is 0. The molecule has 0 aliphatic rings. The average Bonchev–Trinajstić information content (AvgIpc) is 2.52. The molecule has 0 bridgehead atoms. The van der Waals surface area contributed by atoms with Crippen molar-refractivity contribution in [1.29, 1.82) is 0 Å². The number of sulfonamides is 1. The molecular weight excluding hydrogens is 360 g/mol. The standard InChI is InChI=1S/C18H21ClN2O3S/c1-18(2,3)20-17(22)13-21(16-12-8-7-11-15(16)19)25(23,24)14-9-5-4-6-10-14/h4-12H,13H2,1-3H3,(H,20,22). The molecule has 2 aromatic rings. The van der Waals surface area contributed by atoms with E-state index in [1.54, 1.807) is 42.5 Å². The van der Waals surface area contributed by atoms with E-state index in [1.807, 2.05) is 20.8 Å². The van der Waals surface area contributed by atoms with E-state index >= 15 is 0 Å². The molecule has 5 nitrogen and oxygen atoms in total. The molecule has 134 valence electrons. The molecule has 0 saturated heterocycles. The first kappa shape index (κ1) is 19.3. The Morgan fingerprint density at radius 2 is 1.60 bits per heavy atom. The maximum Gasteiger partial charge on any atom is 0.264 e. The van der Waals surface area contributed by atoms with Crippen LogP contribution in [0.2, 0.25) is 5.02 Å². The van der Waals surface area contributed by atoms with Crippen molar-refractivity contribution in [3.63, 3.8) is 0 Å². The van der Waals surface area contributed by atoms with Crippen LogP contribution in [0.3, 0.4) is 0 Å². The molecule has 2 rings (SSSR count). The number of para-hydroxylation sites is 1. The summed E-state index contributed by atoms with van der Waals surface area (Å²) in [4.78, 5) is 12.5. The summed E-state index contributed by atoms with van der Waals surface area (Å²) in [5.74, 6) is -0.410. The summed E-state index contributed by atoms with van der Waals surface area (Å²) < 4.78 is 27.2. The van der Waals surface area contributed by atoms with Crippen LogP contribution in [0.5, 0.6) is 0 Å². The normalized spacial score (nSPS) is 11.8. The van der Waals surface area contributed by atoms with Crippen LogP contribution in [0.1, 0.15) is 20.8 Å². The van der Waals surface area contributed by atoms with E-state index in [9.17, 15) is 13.2 Å². The number of benzene rings is 2. The second-order valence-electron chi connectivity index (χ2n) is 6.57. The largest absolute Gasteiger partial charge is 0.350 e. The fourth-order valence-electron chi connectivity index (χ4n) is 2.26. The van der Waals surface area contributed by atoms with Gasteiger partial charge in [0.1, 0.15) is 6.54 Å². The lowest BCUT2D eigenvalue weighted by molar-refractivity contribution is -0.121. The predicted molar refractivity (Wildman–Crippen MR) is 100 cm³/mol. The third-order valence-electron chi connectivity index (χ3n) is 3.25. The predicted octanol–water partition coefficient (Wildman–Crippen LogP) is 3.45. The number of nitrogens with zero attached hydrogens (tertiary/aromatic N) is 1. The molecule has 0 radical (unpaired) electrons. The Balaban J connectivity index is 2.47. The zero-order chi connectivity index (χ0) is 18.7. The molecule has 1 amide bonds. The van der Waals surface area contributed by atoms with Gasteiger partial charge in [-0.1, -0.05) is 41.9 Å². The van der Waals surface area contributed by atoms with Crippen molar-refractivity contribution in [2.75, 3.05) is 10.8 Å². The second kappa shape index (κ2) is 7.45. The van der Waals surface area contributed by atoms with E-state index in [0.717, 1.165) is 4.31 Å². The first-order valence-corrected chi connectivity index (χ1v) is 9.56. The van der Waals surface area contributed by atoms with Crippen molar-refractivity contribution in [2.45, 2.75) is 31.2 Å². The number of halogens is 1. The van der Waals surface area contributed by atoms with Crippen molar-refractivity contribution in [3.8, 4) is 0 Å². The summed E-state index contributed by atoms with van der Waals surface area (Å²) in [7, 11) is -3.94. The molecule has 1 N–H and O–H groups in total. The molecule has 25 heavy (non-hydrogen) atoms. The topological polar surface area (TPSA) is 66.5 Å². The average molecular weight is 381 g/mol. The minimum atomic E-state index is -3.94. The van der Waals surface area contributed by atoms with Crippen LogP contribution in [0.4, 0.5) is 5.69 Å². The molecule has 0 spiro atoms. The van der Waals surface area contributed by atoms with E-state index in [-0.39, 0.29) is 22.2 Å². The van der Waals surface area contributed by atoms with Gasteiger partial charge in [0.05, 0.1) is 15.6 Å². The molecule has 0 saturated carbocycles. The number of rotatable bonds is 5. The van der Waals surface area contributed by atoms with Crippen LogP contribution in [0, 0.1) is 0 Å². The summed E-state index contributed by atoms with van der Waals surface area (Å²) >= 11 is 6.19. The number of amides is 1.